The summed E-state index contributed by atoms with van der Waals surface area (Å²) >= 11 is 7.79. The van der Waals surface area contributed by atoms with E-state index in [0.717, 1.165) is 22.5 Å². The summed E-state index contributed by atoms with van der Waals surface area (Å²) in [7, 11) is 0. The highest BCUT2D eigenvalue weighted by molar-refractivity contribution is 7.18. The Kier molecular flexibility index (Phi) is 4.41. The largest absolute Gasteiger partial charge is 0.367 e. The van der Waals surface area contributed by atoms with Crippen molar-refractivity contribution in [3.63, 3.8) is 0 Å². The summed E-state index contributed by atoms with van der Waals surface area (Å²) in [5, 5.41) is 5.08. The number of aromatic nitrogens is 2. The van der Waals surface area contributed by atoms with E-state index >= 15 is 0 Å². The average molecular weight is 310 g/mol. The molecule has 2 aromatic heterocycles. The zero-order valence-corrected chi connectivity index (χ0v) is 13.4. The molecule has 1 fully saturated rings. The molecule has 0 aliphatic heterocycles. The topological polar surface area (TPSA) is 37.8 Å². The molecule has 3 nitrogen and oxygen atoms in total. The second-order valence-corrected chi connectivity index (χ2v) is 6.91. The monoisotopic (exact) mass is 309 g/mol. The fraction of sp³-hybridized carbons (Fsp3) is 0.600. The molecule has 0 saturated heterocycles. The Morgan fingerprint density at radius 1 is 1.25 bits per heavy atom. The van der Waals surface area contributed by atoms with E-state index in [4.69, 9.17) is 11.6 Å². The lowest BCUT2D eigenvalue weighted by atomic mass is 10.1. The van der Waals surface area contributed by atoms with Gasteiger partial charge in [0.2, 0.25) is 5.28 Å². The van der Waals surface area contributed by atoms with E-state index < -0.39 is 0 Å². The number of halogens is 1. The van der Waals surface area contributed by atoms with Gasteiger partial charge in [0.15, 0.2) is 0 Å². The average Bonchev–Trinajstić information content (AvgIpc) is 2.67. The number of anilines is 1. The molecule has 0 bridgehead atoms. The maximum atomic E-state index is 6.07. The van der Waals surface area contributed by atoms with Crippen LogP contribution in [0.2, 0.25) is 5.28 Å². The van der Waals surface area contributed by atoms with Crippen molar-refractivity contribution in [3.8, 4) is 0 Å². The van der Waals surface area contributed by atoms with Crippen molar-refractivity contribution in [2.75, 3.05) is 5.32 Å². The lowest BCUT2D eigenvalue weighted by molar-refractivity contribution is 0.618. The molecule has 0 unspecified atom stereocenters. The van der Waals surface area contributed by atoms with Crippen molar-refractivity contribution >= 4 is 39.0 Å². The molecule has 0 atom stereocenters. The first-order valence-electron chi connectivity index (χ1n) is 7.48. The summed E-state index contributed by atoms with van der Waals surface area (Å²) in [6.45, 7) is 2.16. The van der Waals surface area contributed by atoms with E-state index in [1.54, 1.807) is 11.3 Å². The van der Waals surface area contributed by atoms with Crippen LogP contribution in [0.1, 0.15) is 50.3 Å². The first-order valence-corrected chi connectivity index (χ1v) is 8.68. The van der Waals surface area contributed by atoms with Crippen LogP contribution in [-0.2, 0) is 6.42 Å². The normalized spacial score (nSPS) is 17.3. The molecule has 1 saturated carbocycles. The summed E-state index contributed by atoms with van der Waals surface area (Å²) < 4.78 is 0. The van der Waals surface area contributed by atoms with Gasteiger partial charge in [-0.3, -0.25) is 0 Å². The van der Waals surface area contributed by atoms with Crippen LogP contribution in [0.5, 0.6) is 0 Å². The zero-order valence-electron chi connectivity index (χ0n) is 11.8. The highest BCUT2D eigenvalue weighted by Crippen LogP contribution is 2.31. The number of hydrogen-bond acceptors (Lipinski definition) is 4. The molecule has 20 heavy (non-hydrogen) atoms. The summed E-state index contributed by atoms with van der Waals surface area (Å²) in [5.41, 5.74) is 0. The number of hydrogen-bond donors (Lipinski definition) is 1. The van der Waals surface area contributed by atoms with Crippen molar-refractivity contribution in [1.82, 2.24) is 9.97 Å². The number of thiophene rings is 1. The molecule has 1 aliphatic rings. The van der Waals surface area contributed by atoms with Gasteiger partial charge >= 0.3 is 0 Å². The summed E-state index contributed by atoms with van der Waals surface area (Å²) in [4.78, 5) is 11.1. The quantitative estimate of drug-likeness (QED) is 0.637. The van der Waals surface area contributed by atoms with Crippen LogP contribution in [0, 0.1) is 0 Å². The van der Waals surface area contributed by atoms with E-state index in [2.05, 4.69) is 28.3 Å². The van der Waals surface area contributed by atoms with E-state index in [1.807, 2.05) is 0 Å². The van der Waals surface area contributed by atoms with Crippen LogP contribution < -0.4 is 5.32 Å². The van der Waals surface area contributed by atoms with Gasteiger partial charge in [0.05, 0.1) is 5.39 Å². The molecule has 108 valence electrons. The zero-order chi connectivity index (χ0) is 13.9. The van der Waals surface area contributed by atoms with Crippen LogP contribution >= 0.6 is 22.9 Å². The van der Waals surface area contributed by atoms with Gasteiger partial charge in [-0.15, -0.1) is 11.3 Å². The Balaban J connectivity index is 1.90. The van der Waals surface area contributed by atoms with Gasteiger partial charge in [-0.2, -0.15) is 0 Å². The first kappa shape index (κ1) is 14.1. The third-order valence-electron chi connectivity index (χ3n) is 3.96. The number of aryl methyl sites for hydroxylation is 1. The SMILES string of the molecule is CCc1cc2c(NC3CCCCCC3)nc(Cl)nc2s1. The molecule has 2 aromatic rings. The minimum Gasteiger partial charge on any atom is -0.367 e. The Hall–Kier alpha value is -0.870. The number of fused-ring (bicyclic) bond motifs is 1. The molecule has 2 heterocycles. The molecule has 3 rings (SSSR count). The maximum absolute atomic E-state index is 6.07. The summed E-state index contributed by atoms with van der Waals surface area (Å²) in [5.74, 6) is 0.919. The fourth-order valence-corrected chi connectivity index (χ4v) is 4.03. The smallest absolute Gasteiger partial charge is 0.225 e. The van der Waals surface area contributed by atoms with Crippen molar-refractivity contribution in [3.05, 3.63) is 16.2 Å². The van der Waals surface area contributed by atoms with Crippen molar-refractivity contribution in [2.45, 2.75) is 57.9 Å². The Bertz CT molecular complexity index is 588. The van der Waals surface area contributed by atoms with Crippen LogP contribution in [0.3, 0.4) is 0 Å². The van der Waals surface area contributed by atoms with Crippen LogP contribution in [0.4, 0.5) is 5.82 Å². The fourth-order valence-electron chi connectivity index (χ4n) is 2.85. The number of nitrogens with zero attached hydrogens (tertiary/aromatic N) is 2. The highest BCUT2D eigenvalue weighted by atomic mass is 35.5. The first-order chi connectivity index (χ1) is 9.76. The van der Waals surface area contributed by atoms with Gasteiger partial charge < -0.3 is 5.32 Å². The van der Waals surface area contributed by atoms with Gasteiger partial charge in [0, 0.05) is 10.9 Å². The van der Waals surface area contributed by atoms with E-state index in [0.29, 0.717) is 11.3 Å². The predicted octanol–water partition coefficient (Wildman–Crippen LogP) is 5.04. The Morgan fingerprint density at radius 3 is 2.70 bits per heavy atom. The second-order valence-electron chi connectivity index (χ2n) is 5.46. The van der Waals surface area contributed by atoms with Gasteiger partial charge in [-0.25, -0.2) is 9.97 Å². The number of rotatable bonds is 3. The predicted molar refractivity (Wildman–Crippen MR) is 86.9 cm³/mol. The van der Waals surface area contributed by atoms with Crippen molar-refractivity contribution in [2.24, 2.45) is 0 Å². The van der Waals surface area contributed by atoms with Crippen LogP contribution in [0.15, 0.2) is 6.07 Å². The van der Waals surface area contributed by atoms with E-state index in [-0.39, 0.29) is 0 Å². The molecule has 0 amide bonds. The van der Waals surface area contributed by atoms with E-state index in [9.17, 15) is 0 Å². The molecule has 0 aromatic carbocycles. The molecular weight excluding hydrogens is 290 g/mol. The highest BCUT2D eigenvalue weighted by Gasteiger charge is 2.16. The third-order valence-corrected chi connectivity index (χ3v) is 5.30. The van der Waals surface area contributed by atoms with Crippen molar-refractivity contribution in [1.29, 1.82) is 0 Å². The third kappa shape index (κ3) is 3.07. The Labute approximate surface area is 128 Å². The second kappa shape index (κ2) is 6.27. The van der Waals surface area contributed by atoms with Gasteiger partial charge in [-0.05, 0) is 36.9 Å². The Morgan fingerprint density at radius 2 is 2.00 bits per heavy atom. The molecule has 1 aliphatic carbocycles. The minimum absolute atomic E-state index is 0.345. The lowest BCUT2D eigenvalue weighted by Gasteiger charge is -2.17. The van der Waals surface area contributed by atoms with Gasteiger partial charge in [-0.1, -0.05) is 32.6 Å². The molecular formula is C15H20ClN3S. The molecule has 0 spiro atoms. The molecule has 5 heteroatoms. The number of nitrogens with one attached hydrogen (secondary N) is 1. The standard InChI is InChI=1S/C15H20ClN3S/c1-2-11-9-12-13(18-15(16)19-14(12)20-11)17-10-7-5-3-4-6-8-10/h9-10H,2-8H2,1H3,(H,17,18,19). The maximum Gasteiger partial charge on any atom is 0.225 e. The van der Waals surface area contributed by atoms with Gasteiger partial charge in [0.1, 0.15) is 10.6 Å². The van der Waals surface area contributed by atoms with Gasteiger partial charge in [0.25, 0.3) is 0 Å². The minimum atomic E-state index is 0.345. The molecule has 1 N–H and O–H groups in total. The van der Waals surface area contributed by atoms with Crippen LogP contribution in [-0.4, -0.2) is 16.0 Å². The van der Waals surface area contributed by atoms with Crippen molar-refractivity contribution < 1.29 is 0 Å². The van der Waals surface area contributed by atoms with E-state index in [1.165, 1.54) is 43.4 Å². The molecule has 0 radical (unpaired) electrons. The summed E-state index contributed by atoms with van der Waals surface area (Å²) in [6.07, 6.45) is 8.82. The lowest BCUT2D eigenvalue weighted by Crippen LogP contribution is -2.19. The summed E-state index contributed by atoms with van der Waals surface area (Å²) in [6, 6.07) is 2.73. The van der Waals surface area contributed by atoms with Crippen LogP contribution in [0.25, 0.3) is 10.2 Å².